The standard InChI is InChI=1S/C12H10F2N2S/c13-10-5-4-9(6-11(10)14)17-7-8-2-1-3-12(15)16-8/h1-6H,7H2,(H2,15,16). The lowest BCUT2D eigenvalue weighted by atomic mass is 10.3. The molecular formula is C12H10F2N2S. The van der Waals surface area contributed by atoms with Gasteiger partial charge in [0.05, 0.1) is 5.69 Å². The second kappa shape index (κ2) is 5.14. The molecule has 0 saturated carbocycles. The minimum Gasteiger partial charge on any atom is -0.384 e. The van der Waals surface area contributed by atoms with Crippen LogP contribution in [0.5, 0.6) is 0 Å². The van der Waals surface area contributed by atoms with E-state index in [0.717, 1.165) is 11.8 Å². The lowest BCUT2D eigenvalue weighted by molar-refractivity contribution is 0.506. The van der Waals surface area contributed by atoms with Gasteiger partial charge in [0, 0.05) is 10.6 Å². The largest absolute Gasteiger partial charge is 0.384 e. The summed E-state index contributed by atoms with van der Waals surface area (Å²) in [4.78, 5) is 4.78. The number of aromatic nitrogens is 1. The van der Waals surface area contributed by atoms with Gasteiger partial charge < -0.3 is 5.73 Å². The molecule has 0 aliphatic carbocycles. The second-order valence-electron chi connectivity index (χ2n) is 3.42. The van der Waals surface area contributed by atoms with Crippen LogP contribution in [-0.4, -0.2) is 4.98 Å². The van der Waals surface area contributed by atoms with Gasteiger partial charge in [-0.15, -0.1) is 11.8 Å². The Labute approximate surface area is 102 Å². The van der Waals surface area contributed by atoms with Crippen molar-refractivity contribution in [3.63, 3.8) is 0 Å². The number of nitrogens with two attached hydrogens (primary N) is 1. The number of nitrogen functional groups attached to an aromatic ring is 1. The summed E-state index contributed by atoms with van der Waals surface area (Å²) in [5, 5.41) is 0. The number of halogens is 2. The highest BCUT2D eigenvalue weighted by Crippen LogP contribution is 2.23. The van der Waals surface area contributed by atoms with E-state index in [4.69, 9.17) is 5.73 Å². The quantitative estimate of drug-likeness (QED) is 0.852. The van der Waals surface area contributed by atoms with Gasteiger partial charge in [-0.1, -0.05) is 6.07 Å². The number of pyridine rings is 1. The van der Waals surface area contributed by atoms with Gasteiger partial charge in [0.2, 0.25) is 0 Å². The topological polar surface area (TPSA) is 38.9 Å². The molecule has 2 aromatic rings. The van der Waals surface area contributed by atoms with Gasteiger partial charge in [-0.25, -0.2) is 13.8 Å². The van der Waals surface area contributed by atoms with Crippen molar-refractivity contribution >= 4 is 17.6 Å². The fourth-order valence-electron chi connectivity index (χ4n) is 1.30. The minimum absolute atomic E-state index is 0.452. The molecule has 1 aromatic heterocycles. The van der Waals surface area contributed by atoms with Crippen LogP contribution >= 0.6 is 11.8 Å². The maximum absolute atomic E-state index is 12.9. The first-order chi connectivity index (χ1) is 8.15. The van der Waals surface area contributed by atoms with E-state index in [1.807, 2.05) is 12.1 Å². The van der Waals surface area contributed by atoms with Crippen LogP contribution in [0.15, 0.2) is 41.3 Å². The number of hydrogen-bond donors (Lipinski definition) is 1. The Balaban J connectivity index is 2.05. The SMILES string of the molecule is Nc1cccc(CSc2ccc(F)c(F)c2)n1. The third kappa shape index (κ3) is 3.17. The minimum atomic E-state index is -0.837. The van der Waals surface area contributed by atoms with Crippen LogP contribution in [0.4, 0.5) is 14.6 Å². The second-order valence-corrected chi connectivity index (χ2v) is 4.47. The van der Waals surface area contributed by atoms with E-state index in [9.17, 15) is 8.78 Å². The summed E-state index contributed by atoms with van der Waals surface area (Å²) in [7, 11) is 0. The molecule has 2 rings (SSSR count). The fraction of sp³-hybridized carbons (Fsp3) is 0.0833. The molecule has 1 aromatic carbocycles. The van der Waals surface area contributed by atoms with Gasteiger partial charge in [0.25, 0.3) is 0 Å². The Kier molecular flexibility index (Phi) is 3.58. The molecule has 0 fully saturated rings. The van der Waals surface area contributed by atoms with Crippen molar-refractivity contribution in [3.8, 4) is 0 Å². The van der Waals surface area contributed by atoms with Gasteiger partial charge in [-0.05, 0) is 30.3 Å². The molecule has 0 bridgehead atoms. The Morgan fingerprint density at radius 1 is 1.12 bits per heavy atom. The number of nitrogens with zero attached hydrogens (tertiary/aromatic N) is 1. The summed E-state index contributed by atoms with van der Waals surface area (Å²) in [6, 6.07) is 9.17. The molecule has 88 valence electrons. The summed E-state index contributed by atoms with van der Waals surface area (Å²) in [6.07, 6.45) is 0. The summed E-state index contributed by atoms with van der Waals surface area (Å²) in [6.45, 7) is 0. The third-order valence-corrected chi connectivity index (χ3v) is 3.13. The number of benzene rings is 1. The van der Waals surface area contributed by atoms with Crippen LogP contribution in [-0.2, 0) is 5.75 Å². The molecule has 0 spiro atoms. The van der Waals surface area contributed by atoms with Gasteiger partial charge in [-0.3, -0.25) is 0 Å². The highest BCUT2D eigenvalue weighted by molar-refractivity contribution is 7.98. The first-order valence-corrected chi connectivity index (χ1v) is 5.93. The first kappa shape index (κ1) is 11.9. The van der Waals surface area contributed by atoms with Crippen molar-refractivity contribution in [3.05, 3.63) is 53.7 Å². The van der Waals surface area contributed by atoms with E-state index in [2.05, 4.69) is 4.98 Å². The summed E-state index contributed by atoms with van der Waals surface area (Å²) in [5.74, 6) is -0.656. The molecule has 0 aliphatic rings. The van der Waals surface area contributed by atoms with Crippen LogP contribution in [0, 0.1) is 11.6 Å². The molecule has 1 heterocycles. The van der Waals surface area contributed by atoms with Crippen LogP contribution in [0.25, 0.3) is 0 Å². The summed E-state index contributed by atoms with van der Waals surface area (Å²) in [5.41, 5.74) is 6.35. The molecule has 2 nitrogen and oxygen atoms in total. The van der Waals surface area contributed by atoms with Gasteiger partial charge in [-0.2, -0.15) is 0 Å². The maximum atomic E-state index is 12.9. The van der Waals surface area contributed by atoms with E-state index >= 15 is 0 Å². The lowest BCUT2D eigenvalue weighted by Gasteiger charge is -2.02. The maximum Gasteiger partial charge on any atom is 0.159 e. The summed E-state index contributed by atoms with van der Waals surface area (Å²) >= 11 is 1.38. The molecular weight excluding hydrogens is 242 g/mol. The zero-order chi connectivity index (χ0) is 12.3. The van der Waals surface area contributed by atoms with E-state index < -0.39 is 11.6 Å². The predicted octanol–water partition coefficient (Wildman–Crippen LogP) is 3.23. The Morgan fingerprint density at radius 3 is 2.65 bits per heavy atom. The molecule has 0 amide bonds. The average molecular weight is 252 g/mol. The summed E-state index contributed by atoms with van der Waals surface area (Å²) < 4.78 is 25.6. The van der Waals surface area contributed by atoms with E-state index in [1.165, 1.54) is 23.9 Å². The fourth-order valence-corrected chi connectivity index (χ4v) is 2.13. The average Bonchev–Trinajstić information content (AvgIpc) is 2.31. The zero-order valence-electron chi connectivity index (χ0n) is 8.86. The molecule has 0 atom stereocenters. The Bertz CT molecular complexity index is 532. The molecule has 17 heavy (non-hydrogen) atoms. The zero-order valence-corrected chi connectivity index (χ0v) is 9.68. The molecule has 0 aliphatic heterocycles. The van der Waals surface area contributed by atoms with Crippen LogP contribution in [0.1, 0.15) is 5.69 Å². The van der Waals surface area contributed by atoms with Crippen molar-refractivity contribution in [1.82, 2.24) is 4.98 Å². The van der Waals surface area contributed by atoms with E-state index in [1.54, 1.807) is 6.07 Å². The number of thioether (sulfide) groups is 1. The van der Waals surface area contributed by atoms with Gasteiger partial charge in [0.15, 0.2) is 11.6 Å². The normalized spacial score (nSPS) is 10.5. The number of rotatable bonds is 3. The van der Waals surface area contributed by atoms with E-state index in [0.29, 0.717) is 16.5 Å². The van der Waals surface area contributed by atoms with Gasteiger partial charge in [0.1, 0.15) is 5.82 Å². The van der Waals surface area contributed by atoms with Crippen molar-refractivity contribution < 1.29 is 8.78 Å². The molecule has 0 radical (unpaired) electrons. The smallest absolute Gasteiger partial charge is 0.159 e. The first-order valence-electron chi connectivity index (χ1n) is 4.94. The van der Waals surface area contributed by atoms with Crippen LogP contribution < -0.4 is 5.73 Å². The van der Waals surface area contributed by atoms with Crippen LogP contribution in [0.2, 0.25) is 0 Å². The third-order valence-electron chi connectivity index (χ3n) is 2.11. The van der Waals surface area contributed by atoms with Crippen LogP contribution in [0.3, 0.4) is 0 Å². The Hall–Kier alpha value is -1.62. The lowest BCUT2D eigenvalue weighted by Crippen LogP contribution is -1.93. The Morgan fingerprint density at radius 2 is 1.94 bits per heavy atom. The number of hydrogen-bond acceptors (Lipinski definition) is 3. The molecule has 0 unspecified atom stereocenters. The molecule has 0 saturated heterocycles. The highest BCUT2D eigenvalue weighted by atomic mass is 32.2. The number of anilines is 1. The monoisotopic (exact) mass is 252 g/mol. The predicted molar refractivity (Wildman–Crippen MR) is 64.6 cm³/mol. The van der Waals surface area contributed by atoms with Crippen molar-refractivity contribution in [2.24, 2.45) is 0 Å². The molecule has 2 N–H and O–H groups in total. The van der Waals surface area contributed by atoms with Crippen molar-refractivity contribution in [2.45, 2.75) is 10.6 Å². The highest BCUT2D eigenvalue weighted by Gasteiger charge is 2.03. The van der Waals surface area contributed by atoms with Crippen molar-refractivity contribution in [2.75, 3.05) is 5.73 Å². The van der Waals surface area contributed by atoms with Crippen molar-refractivity contribution in [1.29, 1.82) is 0 Å². The van der Waals surface area contributed by atoms with E-state index in [-0.39, 0.29) is 0 Å². The van der Waals surface area contributed by atoms with Gasteiger partial charge >= 0.3 is 0 Å². The molecule has 5 heteroatoms.